The van der Waals surface area contributed by atoms with E-state index in [4.69, 9.17) is 9.90 Å². The van der Waals surface area contributed by atoms with E-state index in [2.05, 4.69) is 10.3 Å². The third-order valence-corrected chi connectivity index (χ3v) is 7.94. The monoisotopic (exact) mass is 517 g/mol. The maximum absolute atomic E-state index is 13.8. The predicted molar refractivity (Wildman–Crippen MR) is 115 cm³/mol. The lowest BCUT2D eigenvalue weighted by Crippen LogP contribution is -2.31. The van der Waals surface area contributed by atoms with E-state index in [1.165, 1.54) is 16.4 Å². The van der Waals surface area contributed by atoms with Gasteiger partial charge in [-0.25, -0.2) is 17.6 Å². The molecule has 1 spiro atoms. The van der Waals surface area contributed by atoms with E-state index in [9.17, 15) is 30.8 Å². The minimum absolute atomic E-state index is 0.0352. The van der Waals surface area contributed by atoms with Crippen molar-refractivity contribution in [3.05, 3.63) is 59.7 Å². The van der Waals surface area contributed by atoms with Gasteiger partial charge in [0.2, 0.25) is 15.9 Å². The molecule has 2 fully saturated rings. The number of alkyl halides is 3. The first-order chi connectivity index (χ1) is 16.3. The number of nitrogens with one attached hydrogen (secondary N) is 1. The van der Waals surface area contributed by atoms with E-state index in [1.807, 2.05) is 12.1 Å². The lowest BCUT2D eigenvalue weighted by molar-refractivity contribution is -0.192. The molecule has 1 saturated heterocycles. The number of carboxylic acids is 1. The van der Waals surface area contributed by atoms with Crippen molar-refractivity contribution >= 4 is 21.9 Å². The van der Waals surface area contributed by atoms with Crippen molar-refractivity contribution in [3.63, 3.8) is 0 Å². The van der Waals surface area contributed by atoms with E-state index < -0.39 is 28.0 Å². The first-order valence-corrected chi connectivity index (χ1v) is 11.9. The molecule has 8 nitrogen and oxygen atoms in total. The van der Waals surface area contributed by atoms with Crippen LogP contribution >= 0.6 is 0 Å². The summed E-state index contributed by atoms with van der Waals surface area (Å²) in [6.07, 6.45) is -0.404. The SMILES string of the molecule is Cc1ccc(S(=O)(=O)N2CCC3(CC3C(=O)NCc3ccncc3)C2)cc1F.O=C(O)C(F)(F)F. The molecule has 1 amide bonds. The smallest absolute Gasteiger partial charge is 0.475 e. The molecule has 1 aromatic heterocycles. The fourth-order valence-corrected chi connectivity index (χ4v) is 5.48. The maximum atomic E-state index is 13.8. The molecule has 2 aliphatic rings. The second kappa shape index (κ2) is 9.90. The van der Waals surface area contributed by atoms with Crippen LogP contribution in [0.15, 0.2) is 47.6 Å². The number of aliphatic carboxylic acids is 1. The summed E-state index contributed by atoms with van der Waals surface area (Å²) in [5.41, 5.74) is 1.08. The molecule has 4 rings (SSSR count). The zero-order valence-electron chi connectivity index (χ0n) is 18.5. The normalized spacial score (nSPS) is 21.8. The van der Waals surface area contributed by atoms with Crippen molar-refractivity contribution < 1.29 is 40.7 Å². The van der Waals surface area contributed by atoms with Crippen LogP contribution in [0, 0.1) is 24.1 Å². The fraction of sp³-hybridized carbons (Fsp3) is 0.409. The minimum atomic E-state index is -5.08. The summed E-state index contributed by atoms with van der Waals surface area (Å²) in [5.74, 6) is -3.51. The molecular weight excluding hydrogens is 494 g/mol. The molecule has 190 valence electrons. The summed E-state index contributed by atoms with van der Waals surface area (Å²) >= 11 is 0. The zero-order chi connectivity index (χ0) is 26.0. The molecule has 1 aromatic carbocycles. The van der Waals surface area contributed by atoms with E-state index in [0.717, 1.165) is 11.6 Å². The highest BCUT2D eigenvalue weighted by Gasteiger charge is 2.62. The number of halogens is 4. The van der Waals surface area contributed by atoms with Crippen molar-refractivity contribution in [1.82, 2.24) is 14.6 Å². The van der Waals surface area contributed by atoms with Gasteiger partial charge in [-0.15, -0.1) is 0 Å². The van der Waals surface area contributed by atoms with E-state index in [0.29, 0.717) is 38.0 Å². The average molecular weight is 518 g/mol. The number of carbonyl (C=O) groups is 2. The lowest BCUT2D eigenvalue weighted by Gasteiger charge is -2.17. The number of carboxylic acid groups (broad SMARTS) is 1. The Labute approximate surface area is 199 Å². The maximum Gasteiger partial charge on any atom is 0.490 e. The number of sulfonamides is 1. The van der Waals surface area contributed by atoms with Gasteiger partial charge in [0.05, 0.1) is 4.90 Å². The van der Waals surface area contributed by atoms with Crippen LogP contribution < -0.4 is 5.32 Å². The highest BCUT2D eigenvalue weighted by molar-refractivity contribution is 7.89. The van der Waals surface area contributed by atoms with E-state index >= 15 is 0 Å². The highest BCUT2D eigenvalue weighted by Crippen LogP contribution is 2.59. The molecule has 35 heavy (non-hydrogen) atoms. The Morgan fingerprint density at radius 2 is 1.86 bits per heavy atom. The molecule has 2 N–H and O–H groups in total. The number of benzene rings is 1. The van der Waals surface area contributed by atoms with E-state index in [1.54, 1.807) is 19.3 Å². The molecule has 2 heterocycles. The lowest BCUT2D eigenvalue weighted by atomic mass is 10.0. The minimum Gasteiger partial charge on any atom is -0.475 e. The summed E-state index contributed by atoms with van der Waals surface area (Å²) in [5, 5.41) is 10.1. The number of hydrogen-bond acceptors (Lipinski definition) is 5. The van der Waals surface area contributed by atoms with E-state index in [-0.39, 0.29) is 22.1 Å². The van der Waals surface area contributed by atoms with Gasteiger partial charge < -0.3 is 10.4 Å². The van der Waals surface area contributed by atoms with Crippen LogP contribution in [0.5, 0.6) is 0 Å². The number of pyridine rings is 1. The Morgan fingerprint density at radius 3 is 2.43 bits per heavy atom. The van der Waals surface area contributed by atoms with Crippen LogP contribution in [-0.4, -0.2) is 54.0 Å². The molecule has 1 saturated carbocycles. The van der Waals surface area contributed by atoms with Crippen LogP contribution in [0.3, 0.4) is 0 Å². The Bertz CT molecular complexity index is 1210. The van der Waals surface area contributed by atoms with Gasteiger partial charge in [-0.3, -0.25) is 9.78 Å². The zero-order valence-corrected chi connectivity index (χ0v) is 19.4. The van der Waals surface area contributed by atoms with Gasteiger partial charge in [0.25, 0.3) is 0 Å². The molecule has 1 aliphatic heterocycles. The molecule has 13 heteroatoms. The van der Waals surface area contributed by atoms with Gasteiger partial charge in [-0.2, -0.15) is 17.5 Å². The van der Waals surface area contributed by atoms with Gasteiger partial charge in [0.1, 0.15) is 5.82 Å². The summed E-state index contributed by atoms with van der Waals surface area (Å²) in [4.78, 5) is 25.3. The Kier molecular flexibility index (Phi) is 7.50. The topological polar surface area (TPSA) is 117 Å². The first kappa shape index (κ1) is 26.5. The van der Waals surface area contributed by atoms with Crippen molar-refractivity contribution in [3.8, 4) is 0 Å². The number of hydrogen-bond donors (Lipinski definition) is 2. The number of aromatic nitrogens is 1. The van der Waals surface area contributed by atoms with Gasteiger partial charge >= 0.3 is 12.1 Å². The molecule has 1 aliphatic carbocycles. The average Bonchev–Trinajstić information content (AvgIpc) is 3.32. The van der Waals surface area contributed by atoms with Crippen LogP contribution in [-0.2, 0) is 26.2 Å². The largest absolute Gasteiger partial charge is 0.490 e. The number of rotatable bonds is 5. The van der Waals surface area contributed by atoms with Gasteiger partial charge in [-0.1, -0.05) is 6.07 Å². The summed E-state index contributed by atoms with van der Waals surface area (Å²) < 4.78 is 72.6. The van der Waals surface area contributed by atoms with Crippen molar-refractivity contribution in [1.29, 1.82) is 0 Å². The third kappa shape index (κ3) is 6.14. The van der Waals surface area contributed by atoms with Crippen molar-refractivity contribution in [2.75, 3.05) is 13.1 Å². The van der Waals surface area contributed by atoms with Gasteiger partial charge in [0.15, 0.2) is 0 Å². The molecule has 0 bridgehead atoms. The second-order valence-electron chi connectivity index (χ2n) is 8.49. The number of aryl methyl sites for hydroxylation is 1. The Hall–Kier alpha value is -3.06. The summed E-state index contributed by atoms with van der Waals surface area (Å²) in [6.45, 7) is 2.68. The summed E-state index contributed by atoms with van der Waals surface area (Å²) in [6, 6.07) is 7.66. The quantitative estimate of drug-likeness (QED) is 0.590. The first-order valence-electron chi connectivity index (χ1n) is 10.5. The molecule has 2 atom stereocenters. The number of carbonyl (C=O) groups excluding carboxylic acids is 1. The number of nitrogens with zero attached hydrogens (tertiary/aromatic N) is 2. The predicted octanol–water partition coefficient (Wildman–Crippen LogP) is 2.88. The molecular formula is C22H23F4N3O5S. The highest BCUT2D eigenvalue weighted by atomic mass is 32.2. The van der Waals surface area contributed by atoms with Gasteiger partial charge in [0, 0.05) is 37.9 Å². The molecule has 0 radical (unpaired) electrons. The summed E-state index contributed by atoms with van der Waals surface area (Å²) in [7, 11) is -3.76. The van der Waals surface area contributed by atoms with Crippen LogP contribution in [0.1, 0.15) is 24.0 Å². The fourth-order valence-electron chi connectivity index (χ4n) is 3.93. The van der Waals surface area contributed by atoms with Crippen LogP contribution in [0.25, 0.3) is 0 Å². The van der Waals surface area contributed by atoms with Crippen molar-refractivity contribution in [2.45, 2.75) is 37.4 Å². The second-order valence-corrected chi connectivity index (χ2v) is 10.4. The Balaban J connectivity index is 0.000000429. The van der Waals surface area contributed by atoms with Crippen molar-refractivity contribution in [2.24, 2.45) is 11.3 Å². The van der Waals surface area contributed by atoms with Gasteiger partial charge in [-0.05, 0) is 60.6 Å². The standard InChI is InChI=1S/C20H22FN3O3S.C2HF3O2/c1-14-2-3-16(10-18(14)21)28(26,27)24-9-6-20(13-24)11-17(20)19(25)23-12-15-4-7-22-8-5-15;3-2(4,5)1(6)7/h2-5,7-8,10,17H,6,9,11-13H2,1H3,(H,23,25);(H,6,7). The number of amides is 1. The Morgan fingerprint density at radius 1 is 1.23 bits per heavy atom. The molecule has 2 aromatic rings. The van der Waals surface area contributed by atoms with Crippen LogP contribution in [0.4, 0.5) is 17.6 Å². The third-order valence-electron chi connectivity index (χ3n) is 6.10. The van der Waals surface area contributed by atoms with Crippen LogP contribution in [0.2, 0.25) is 0 Å². The molecule has 2 unspecified atom stereocenters.